The lowest BCUT2D eigenvalue weighted by molar-refractivity contribution is -0.274. The van der Waals surface area contributed by atoms with Gasteiger partial charge in [0.25, 0.3) is 0 Å². The van der Waals surface area contributed by atoms with Crippen LogP contribution in [0.25, 0.3) is 0 Å². The molecule has 0 aromatic heterocycles. The molecule has 1 aromatic carbocycles. The molecule has 0 radical (unpaired) electrons. The quantitative estimate of drug-likeness (QED) is 0.723. The maximum Gasteiger partial charge on any atom is 0.573 e. The Bertz CT molecular complexity index is 694. The number of hydrogen-bond donors (Lipinski definition) is 1. The maximum atomic E-state index is 12.7. The van der Waals surface area contributed by atoms with E-state index >= 15 is 0 Å². The Balaban J connectivity index is 1.73. The number of carbonyl (C=O) groups excluding carboxylic acids is 1. The van der Waals surface area contributed by atoms with Crippen molar-refractivity contribution in [1.29, 1.82) is 0 Å². The van der Waals surface area contributed by atoms with Gasteiger partial charge in [-0.1, -0.05) is 42.5 Å². The summed E-state index contributed by atoms with van der Waals surface area (Å²) in [5.74, 6) is -0.863. The molecule has 1 aromatic rings. The second kappa shape index (κ2) is 8.65. The summed E-state index contributed by atoms with van der Waals surface area (Å²) in [6.07, 6.45) is -0.703. The zero-order valence-corrected chi connectivity index (χ0v) is 16.4. The largest absolute Gasteiger partial charge is 0.573 e. The van der Waals surface area contributed by atoms with Crippen LogP contribution >= 0.6 is 23.2 Å². The van der Waals surface area contributed by atoms with Crippen LogP contribution in [0.15, 0.2) is 12.1 Å². The molecular formula is C18H20Cl2F3NO4. The molecule has 1 aliphatic heterocycles. The average Bonchev–Trinajstić information content (AvgIpc) is 3.13. The summed E-state index contributed by atoms with van der Waals surface area (Å²) in [5.41, 5.74) is -0.283. The molecule has 0 spiro atoms. The number of hydrogen-bond acceptors (Lipinski definition) is 4. The fourth-order valence-corrected chi connectivity index (χ4v) is 4.39. The summed E-state index contributed by atoms with van der Waals surface area (Å²) >= 11 is 12.1. The molecule has 2 aliphatic rings. The van der Waals surface area contributed by atoms with Gasteiger partial charge in [-0.25, -0.2) is 0 Å². The third-order valence-electron chi connectivity index (χ3n) is 5.06. The van der Waals surface area contributed by atoms with E-state index in [9.17, 15) is 18.0 Å². The van der Waals surface area contributed by atoms with Crippen molar-refractivity contribution in [2.45, 2.75) is 56.5 Å². The third kappa shape index (κ3) is 5.23. The SMILES string of the molecule is O=C(Cc1c(Cl)cc(OC(F)(F)F)cc1Cl)NC1(C2COCO2)CCCCC1. The minimum atomic E-state index is -4.86. The summed E-state index contributed by atoms with van der Waals surface area (Å²) in [7, 11) is 0. The monoisotopic (exact) mass is 441 g/mol. The van der Waals surface area contributed by atoms with Crippen molar-refractivity contribution in [2.75, 3.05) is 13.4 Å². The van der Waals surface area contributed by atoms with E-state index in [0.717, 1.165) is 44.2 Å². The fourth-order valence-electron chi connectivity index (χ4n) is 3.79. The molecule has 1 saturated carbocycles. The predicted octanol–water partition coefficient (Wildman–Crippen LogP) is 4.63. The minimum Gasteiger partial charge on any atom is -0.406 e. The minimum absolute atomic E-state index is 0.0694. The van der Waals surface area contributed by atoms with Crippen LogP contribution < -0.4 is 10.1 Å². The van der Waals surface area contributed by atoms with Crippen molar-refractivity contribution in [3.05, 3.63) is 27.7 Å². The molecule has 1 unspecified atom stereocenters. The molecule has 1 atom stereocenters. The number of alkyl halides is 3. The third-order valence-corrected chi connectivity index (χ3v) is 5.73. The topological polar surface area (TPSA) is 56.8 Å². The van der Waals surface area contributed by atoms with E-state index in [1.54, 1.807) is 0 Å². The van der Waals surface area contributed by atoms with E-state index in [2.05, 4.69) is 10.1 Å². The van der Waals surface area contributed by atoms with Crippen LogP contribution in [0.2, 0.25) is 10.0 Å². The Morgan fingerprint density at radius 2 is 1.86 bits per heavy atom. The molecule has 5 nitrogen and oxygen atoms in total. The zero-order valence-electron chi connectivity index (χ0n) is 14.9. The average molecular weight is 442 g/mol. The predicted molar refractivity (Wildman–Crippen MR) is 96.5 cm³/mol. The van der Waals surface area contributed by atoms with Crippen LogP contribution in [0.4, 0.5) is 13.2 Å². The Labute approximate surface area is 170 Å². The molecule has 1 amide bonds. The molecule has 28 heavy (non-hydrogen) atoms. The van der Waals surface area contributed by atoms with E-state index in [0.29, 0.717) is 6.61 Å². The van der Waals surface area contributed by atoms with Crippen molar-refractivity contribution in [3.63, 3.8) is 0 Å². The van der Waals surface area contributed by atoms with Crippen LogP contribution in [0, 0.1) is 0 Å². The van der Waals surface area contributed by atoms with Gasteiger partial charge in [-0.05, 0) is 30.5 Å². The number of ether oxygens (including phenoxy) is 3. The fraction of sp³-hybridized carbons (Fsp3) is 0.611. The van der Waals surface area contributed by atoms with Crippen molar-refractivity contribution < 1.29 is 32.2 Å². The van der Waals surface area contributed by atoms with Crippen molar-refractivity contribution >= 4 is 29.1 Å². The lowest BCUT2D eigenvalue weighted by Crippen LogP contribution is -2.58. The van der Waals surface area contributed by atoms with E-state index < -0.39 is 17.7 Å². The summed E-state index contributed by atoms with van der Waals surface area (Å²) in [5, 5.41) is 2.92. The molecule has 10 heteroatoms. The van der Waals surface area contributed by atoms with Gasteiger partial charge in [0.1, 0.15) is 18.6 Å². The zero-order chi connectivity index (χ0) is 20.4. The molecule has 1 heterocycles. The van der Waals surface area contributed by atoms with Crippen LogP contribution in [-0.4, -0.2) is 37.3 Å². The molecule has 1 aliphatic carbocycles. The normalized spacial score (nSPS) is 22.1. The summed E-state index contributed by atoms with van der Waals surface area (Å²) < 4.78 is 51.9. The van der Waals surface area contributed by atoms with Gasteiger partial charge in [0, 0.05) is 10.0 Å². The Kier molecular flexibility index (Phi) is 6.64. The Morgan fingerprint density at radius 3 is 2.39 bits per heavy atom. The first-order valence-electron chi connectivity index (χ1n) is 8.92. The molecular weight excluding hydrogens is 422 g/mol. The molecule has 1 saturated heterocycles. The van der Waals surface area contributed by atoms with Gasteiger partial charge < -0.3 is 19.5 Å². The molecule has 2 fully saturated rings. The van der Waals surface area contributed by atoms with Crippen LogP contribution in [0.1, 0.15) is 37.7 Å². The van der Waals surface area contributed by atoms with Crippen LogP contribution in [0.3, 0.4) is 0 Å². The lowest BCUT2D eigenvalue weighted by atomic mass is 9.77. The van der Waals surface area contributed by atoms with Gasteiger partial charge in [0.2, 0.25) is 5.91 Å². The standard InChI is InChI=1S/C18H20Cl2F3NO4/c19-13-6-11(28-18(21,22)23)7-14(20)12(13)8-16(25)24-17(4-2-1-3-5-17)15-9-26-10-27-15/h6-7,15H,1-5,8-10H2,(H,24,25). The highest BCUT2D eigenvalue weighted by Crippen LogP contribution is 2.36. The smallest absolute Gasteiger partial charge is 0.406 e. The highest BCUT2D eigenvalue weighted by molar-refractivity contribution is 6.36. The van der Waals surface area contributed by atoms with Crippen molar-refractivity contribution in [1.82, 2.24) is 5.32 Å². The Hall–Kier alpha value is -1.22. The highest BCUT2D eigenvalue weighted by Gasteiger charge is 2.44. The van der Waals surface area contributed by atoms with E-state index in [-0.39, 0.29) is 40.8 Å². The number of carbonyl (C=O) groups is 1. The van der Waals surface area contributed by atoms with Crippen molar-refractivity contribution in [3.8, 4) is 5.75 Å². The number of rotatable bonds is 5. The molecule has 156 valence electrons. The first-order valence-corrected chi connectivity index (χ1v) is 9.68. The maximum absolute atomic E-state index is 12.7. The van der Waals surface area contributed by atoms with Gasteiger partial charge in [0.15, 0.2) is 0 Å². The number of benzene rings is 1. The molecule has 1 N–H and O–H groups in total. The molecule has 0 bridgehead atoms. The summed E-state index contributed by atoms with van der Waals surface area (Å²) in [6, 6.07) is 1.99. The summed E-state index contributed by atoms with van der Waals surface area (Å²) in [4.78, 5) is 12.7. The number of halogens is 5. The van der Waals surface area contributed by atoms with E-state index in [4.69, 9.17) is 32.7 Å². The highest BCUT2D eigenvalue weighted by atomic mass is 35.5. The van der Waals surface area contributed by atoms with Gasteiger partial charge in [-0.3, -0.25) is 4.79 Å². The van der Waals surface area contributed by atoms with Crippen molar-refractivity contribution in [2.24, 2.45) is 0 Å². The van der Waals surface area contributed by atoms with Crippen LogP contribution in [-0.2, 0) is 20.7 Å². The van der Waals surface area contributed by atoms with Gasteiger partial charge >= 0.3 is 6.36 Å². The lowest BCUT2D eigenvalue weighted by Gasteiger charge is -2.41. The van der Waals surface area contributed by atoms with Gasteiger partial charge in [0.05, 0.1) is 18.6 Å². The number of amides is 1. The first-order chi connectivity index (χ1) is 13.2. The second-order valence-corrected chi connectivity index (χ2v) is 7.81. The molecule has 3 rings (SSSR count). The van der Waals surface area contributed by atoms with Gasteiger partial charge in [-0.15, -0.1) is 13.2 Å². The van der Waals surface area contributed by atoms with Gasteiger partial charge in [-0.2, -0.15) is 0 Å². The van der Waals surface area contributed by atoms with E-state index in [1.165, 1.54) is 0 Å². The van der Waals surface area contributed by atoms with E-state index in [1.807, 2.05) is 0 Å². The first kappa shape index (κ1) is 21.5. The summed E-state index contributed by atoms with van der Waals surface area (Å²) in [6.45, 7) is 0.603. The second-order valence-electron chi connectivity index (χ2n) is 7.00. The Morgan fingerprint density at radius 1 is 1.21 bits per heavy atom. The van der Waals surface area contributed by atoms with Crippen LogP contribution in [0.5, 0.6) is 5.75 Å². The number of nitrogens with one attached hydrogen (secondary N) is 1.